The van der Waals surface area contributed by atoms with Gasteiger partial charge in [0, 0.05) is 17.1 Å². The molecule has 0 spiro atoms. The number of piperidine rings is 1. The van der Waals surface area contributed by atoms with Crippen LogP contribution in [0.15, 0.2) is 24.3 Å². The van der Waals surface area contributed by atoms with Crippen molar-refractivity contribution < 1.29 is 13.2 Å². The number of hydrogen-bond donors (Lipinski definition) is 1. The predicted molar refractivity (Wildman–Crippen MR) is 78.5 cm³/mol. The van der Waals surface area contributed by atoms with Crippen LogP contribution in [0.4, 0.5) is 13.2 Å². The van der Waals surface area contributed by atoms with Crippen molar-refractivity contribution in [3.05, 3.63) is 34.9 Å². The van der Waals surface area contributed by atoms with E-state index in [0.717, 1.165) is 18.4 Å². The van der Waals surface area contributed by atoms with E-state index in [1.165, 1.54) is 4.90 Å². The summed E-state index contributed by atoms with van der Waals surface area (Å²) in [6.45, 7) is 2.18. The van der Waals surface area contributed by atoms with Gasteiger partial charge < -0.3 is 5.32 Å². The Morgan fingerprint density at radius 2 is 1.90 bits per heavy atom. The van der Waals surface area contributed by atoms with E-state index in [0.29, 0.717) is 18.1 Å². The van der Waals surface area contributed by atoms with E-state index in [9.17, 15) is 13.2 Å². The highest BCUT2D eigenvalue weighted by molar-refractivity contribution is 6.31. The van der Waals surface area contributed by atoms with E-state index in [1.807, 2.05) is 31.2 Å². The highest BCUT2D eigenvalue weighted by atomic mass is 35.5. The first kappa shape index (κ1) is 16.6. The van der Waals surface area contributed by atoms with Crippen molar-refractivity contribution in [1.29, 1.82) is 0 Å². The third-order valence-electron chi connectivity index (χ3n) is 3.85. The summed E-state index contributed by atoms with van der Waals surface area (Å²) < 4.78 is 37.0. The first-order chi connectivity index (χ1) is 9.85. The van der Waals surface area contributed by atoms with Crippen molar-refractivity contribution in [2.45, 2.75) is 38.0 Å². The second-order valence-corrected chi connectivity index (χ2v) is 5.98. The van der Waals surface area contributed by atoms with Gasteiger partial charge >= 0.3 is 6.18 Å². The smallest absolute Gasteiger partial charge is 0.307 e. The first-order valence-electron chi connectivity index (χ1n) is 7.15. The molecule has 0 bridgehead atoms. The lowest BCUT2D eigenvalue weighted by atomic mass is 10.0. The van der Waals surface area contributed by atoms with E-state index in [1.54, 1.807) is 0 Å². The van der Waals surface area contributed by atoms with E-state index >= 15 is 0 Å². The molecule has 1 atom stereocenters. The molecule has 1 aromatic carbocycles. The molecular formula is C15H20ClF3N2. The third-order valence-corrected chi connectivity index (χ3v) is 4.19. The minimum absolute atomic E-state index is 0.0952. The molecule has 1 aliphatic heterocycles. The first-order valence-corrected chi connectivity index (χ1v) is 7.52. The molecule has 1 heterocycles. The molecule has 0 radical (unpaired) electrons. The number of rotatable bonds is 4. The van der Waals surface area contributed by atoms with Gasteiger partial charge in [-0.15, -0.1) is 0 Å². The van der Waals surface area contributed by atoms with Crippen LogP contribution in [0.3, 0.4) is 0 Å². The second kappa shape index (κ2) is 6.99. The maximum atomic E-state index is 12.3. The SMILES string of the molecule is CC(NC1CCN(CC(F)(F)F)CC1)c1ccccc1Cl. The monoisotopic (exact) mass is 320 g/mol. The molecule has 0 aliphatic carbocycles. The van der Waals surface area contributed by atoms with Crippen LogP contribution >= 0.6 is 11.6 Å². The molecule has 118 valence electrons. The van der Waals surface area contributed by atoms with Crippen molar-refractivity contribution in [3.8, 4) is 0 Å². The van der Waals surface area contributed by atoms with Gasteiger partial charge in [-0.2, -0.15) is 13.2 Å². The molecular weight excluding hydrogens is 301 g/mol. The molecule has 0 saturated carbocycles. The topological polar surface area (TPSA) is 15.3 Å². The summed E-state index contributed by atoms with van der Waals surface area (Å²) in [6, 6.07) is 7.97. The number of likely N-dealkylation sites (tertiary alicyclic amines) is 1. The fourth-order valence-electron chi connectivity index (χ4n) is 2.78. The van der Waals surface area contributed by atoms with Gasteiger partial charge in [-0.3, -0.25) is 4.90 Å². The molecule has 2 rings (SSSR count). The summed E-state index contributed by atoms with van der Waals surface area (Å²) in [7, 11) is 0. The summed E-state index contributed by atoms with van der Waals surface area (Å²) in [4.78, 5) is 1.47. The van der Waals surface area contributed by atoms with Crippen LogP contribution in [0.25, 0.3) is 0 Å². The Hall–Kier alpha value is -0.780. The summed E-state index contributed by atoms with van der Waals surface area (Å²) in [6.07, 6.45) is -2.65. The standard InChI is InChI=1S/C15H20ClF3N2/c1-11(13-4-2-3-5-14(13)16)20-12-6-8-21(9-7-12)10-15(17,18)19/h2-5,11-12,20H,6-10H2,1H3. The Morgan fingerprint density at radius 1 is 1.29 bits per heavy atom. The molecule has 1 aliphatic rings. The number of alkyl halides is 3. The maximum absolute atomic E-state index is 12.3. The zero-order valence-electron chi connectivity index (χ0n) is 12.0. The van der Waals surface area contributed by atoms with Crippen LogP contribution in [-0.2, 0) is 0 Å². The lowest BCUT2D eigenvalue weighted by Gasteiger charge is -2.34. The quantitative estimate of drug-likeness (QED) is 0.901. The molecule has 1 N–H and O–H groups in total. The van der Waals surface area contributed by atoms with Gasteiger partial charge in [-0.25, -0.2) is 0 Å². The lowest BCUT2D eigenvalue weighted by Crippen LogP contribution is -2.46. The van der Waals surface area contributed by atoms with Crippen LogP contribution in [-0.4, -0.2) is 36.8 Å². The van der Waals surface area contributed by atoms with E-state index in [2.05, 4.69) is 5.32 Å². The van der Waals surface area contributed by atoms with Crippen LogP contribution < -0.4 is 5.32 Å². The van der Waals surface area contributed by atoms with Crippen LogP contribution in [0, 0.1) is 0 Å². The van der Waals surface area contributed by atoms with Crippen LogP contribution in [0.1, 0.15) is 31.4 Å². The van der Waals surface area contributed by atoms with Crippen LogP contribution in [0.2, 0.25) is 5.02 Å². The van der Waals surface area contributed by atoms with Crippen molar-refractivity contribution in [2.75, 3.05) is 19.6 Å². The normalized spacial score (nSPS) is 19.7. The molecule has 1 fully saturated rings. The fourth-order valence-corrected chi connectivity index (χ4v) is 3.08. The molecule has 1 unspecified atom stereocenters. The average molecular weight is 321 g/mol. The van der Waals surface area contributed by atoms with Gasteiger partial charge in [0.05, 0.1) is 6.54 Å². The molecule has 0 amide bonds. The summed E-state index contributed by atoms with van der Waals surface area (Å²) in [5.41, 5.74) is 1.02. The highest BCUT2D eigenvalue weighted by Gasteiger charge is 2.32. The summed E-state index contributed by atoms with van der Waals surface area (Å²) >= 11 is 6.16. The second-order valence-electron chi connectivity index (χ2n) is 5.58. The van der Waals surface area contributed by atoms with Gasteiger partial charge in [0.2, 0.25) is 0 Å². The van der Waals surface area contributed by atoms with Crippen molar-refractivity contribution >= 4 is 11.6 Å². The Labute approximate surface area is 128 Å². The predicted octanol–water partition coefficient (Wildman–Crippen LogP) is 4.02. The minimum atomic E-state index is -4.11. The number of hydrogen-bond acceptors (Lipinski definition) is 2. The maximum Gasteiger partial charge on any atom is 0.401 e. The molecule has 2 nitrogen and oxygen atoms in total. The van der Waals surface area contributed by atoms with E-state index < -0.39 is 12.7 Å². The van der Waals surface area contributed by atoms with Gasteiger partial charge in [0.25, 0.3) is 0 Å². The largest absolute Gasteiger partial charge is 0.401 e. The zero-order valence-corrected chi connectivity index (χ0v) is 12.7. The highest BCUT2D eigenvalue weighted by Crippen LogP contribution is 2.25. The minimum Gasteiger partial charge on any atom is -0.307 e. The lowest BCUT2D eigenvalue weighted by molar-refractivity contribution is -0.148. The van der Waals surface area contributed by atoms with Crippen molar-refractivity contribution in [2.24, 2.45) is 0 Å². The molecule has 1 saturated heterocycles. The number of nitrogens with one attached hydrogen (secondary N) is 1. The summed E-state index contributed by atoms with van der Waals surface area (Å²) in [5.74, 6) is 0. The number of benzene rings is 1. The van der Waals surface area contributed by atoms with Gasteiger partial charge in [0.15, 0.2) is 0 Å². The molecule has 6 heteroatoms. The molecule has 1 aromatic rings. The van der Waals surface area contributed by atoms with Gasteiger partial charge in [-0.1, -0.05) is 29.8 Å². The van der Waals surface area contributed by atoms with Crippen molar-refractivity contribution in [3.63, 3.8) is 0 Å². The summed E-state index contributed by atoms with van der Waals surface area (Å²) in [5, 5.41) is 4.18. The third kappa shape index (κ3) is 5.16. The van der Waals surface area contributed by atoms with E-state index in [4.69, 9.17) is 11.6 Å². The zero-order chi connectivity index (χ0) is 15.5. The average Bonchev–Trinajstić information content (AvgIpc) is 2.40. The van der Waals surface area contributed by atoms with Gasteiger partial charge in [-0.05, 0) is 44.5 Å². The van der Waals surface area contributed by atoms with Crippen molar-refractivity contribution in [1.82, 2.24) is 10.2 Å². The number of nitrogens with zero attached hydrogens (tertiary/aromatic N) is 1. The fraction of sp³-hybridized carbons (Fsp3) is 0.600. The Morgan fingerprint density at radius 3 is 2.48 bits per heavy atom. The van der Waals surface area contributed by atoms with Crippen LogP contribution in [0.5, 0.6) is 0 Å². The Kier molecular flexibility index (Phi) is 5.52. The Bertz CT molecular complexity index is 456. The van der Waals surface area contributed by atoms with E-state index in [-0.39, 0.29) is 12.1 Å². The molecule has 21 heavy (non-hydrogen) atoms. The Balaban J connectivity index is 1.82. The van der Waals surface area contributed by atoms with Gasteiger partial charge in [0.1, 0.15) is 0 Å². The number of halogens is 4. The molecule has 0 aromatic heterocycles.